The zero-order chi connectivity index (χ0) is 15.1. The standard InChI is InChI=1S/C16H24N2O3.ClH/c1-20-10-9-17-11-16(19)18(14-7-8-14)12-13-5-3-4-6-15(13)21-2;/h3-6,14,17H,7-12H2,1-2H3;1H. The van der Waals surface area contributed by atoms with Gasteiger partial charge < -0.3 is 19.7 Å². The Balaban J connectivity index is 0.00000242. The summed E-state index contributed by atoms with van der Waals surface area (Å²) in [5, 5.41) is 3.12. The Morgan fingerprint density at radius 1 is 1.32 bits per heavy atom. The maximum Gasteiger partial charge on any atom is 0.237 e. The molecule has 0 aliphatic heterocycles. The monoisotopic (exact) mass is 328 g/mol. The van der Waals surface area contributed by atoms with Crippen molar-refractivity contribution in [2.45, 2.75) is 25.4 Å². The number of carbonyl (C=O) groups excluding carboxylic acids is 1. The number of hydrogen-bond acceptors (Lipinski definition) is 4. The highest BCUT2D eigenvalue weighted by Crippen LogP contribution is 2.30. The van der Waals surface area contributed by atoms with Gasteiger partial charge in [-0.2, -0.15) is 0 Å². The summed E-state index contributed by atoms with van der Waals surface area (Å²) in [4.78, 5) is 14.3. The fourth-order valence-corrected chi connectivity index (χ4v) is 2.30. The van der Waals surface area contributed by atoms with Crippen molar-refractivity contribution >= 4 is 18.3 Å². The van der Waals surface area contributed by atoms with Crippen molar-refractivity contribution in [1.82, 2.24) is 10.2 Å². The van der Waals surface area contributed by atoms with Crippen LogP contribution in [0.3, 0.4) is 0 Å². The highest BCUT2D eigenvalue weighted by Gasteiger charge is 2.32. The molecule has 1 aromatic carbocycles. The van der Waals surface area contributed by atoms with E-state index >= 15 is 0 Å². The summed E-state index contributed by atoms with van der Waals surface area (Å²) in [6, 6.07) is 8.25. The molecule has 1 aliphatic carbocycles. The Kier molecular flexibility index (Phi) is 8.24. The lowest BCUT2D eigenvalue weighted by Crippen LogP contribution is -2.40. The fraction of sp³-hybridized carbons (Fsp3) is 0.562. The third-order valence-electron chi connectivity index (χ3n) is 3.60. The van der Waals surface area contributed by atoms with Gasteiger partial charge in [0.25, 0.3) is 0 Å². The first-order valence-corrected chi connectivity index (χ1v) is 7.37. The van der Waals surface area contributed by atoms with Crippen LogP contribution in [0.2, 0.25) is 0 Å². The van der Waals surface area contributed by atoms with Crippen LogP contribution in [0.1, 0.15) is 18.4 Å². The highest BCUT2D eigenvalue weighted by atomic mass is 35.5. The smallest absolute Gasteiger partial charge is 0.237 e. The van der Waals surface area contributed by atoms with E-state index in [4.69, 9.17) is 9.47 Å². The molecule has 5 nitrogen and oxygen atoms in total. The Morgan fingerprint density at radius 3 is 2.68 bits per heavy atom. The van der Waals surface area contributed by atoms with E-state index in [0.717, 1.165) is 24.2 Å². The average molecular weight is 329 g/mol. The third-order valence-corrected chi connectivity index (χ3v) is 3.60. The molecule has 0 spiro atoms. The zero-order valence-electron chi connectivity index (χ0n) is 13.2. The van der Waals surface area contributed by atoms with Crippen LogP contribution in [-0.4, -0.2) is 50.8 Å². The molecule has 1 aliphatic rings. The summed E-state index contributed by atoms with van der Waals surface area (Å²) < 4.78 is 10.3. The number of benzene rings is 1. The molecule has 1 fully saturated rings. The lowest BCUT2D eigenvalue weighted by atomic mass is 10.2. The number of nitrogens with one attached hydrogen (secondary N) is 1. The molecular formula is C16H25ClN2O3. The molecule has 1 aromatic rings. The fourth-order valence-electron chi connectivity index (χ4n) is 2.30. The quantitative estimate of drug-likeness (QED) is 0.703. The van der Waals surface area contributed by atoms with Crippen molar-refractivity contribution in [2.24, 2.45) is 0 Å². The SMILES string of the molecule is COCCNCC(=O)N(Cc1ccccc1OC)C1CC1.Cl. The summed E-state index contributed by atoms with van der Waals surface area (Å²) in [5.74, 6) is 0.975. The predicted molar refractivity (Wildman–Crippen MR) is 88.6 cm³/mol. The van der Waals surface area contributed by atoms with Crippen molar-refractivity contribution in [3.05, 3.63) is 29.8 Å². The van der Waals surface area contributed by atoms with E-state index in [2.05, 4.69) is 5.32 Å². The first kappa shape index (κ1) is 18.7. The molecule has 22 heavy (non-hydrogen) atoms. The van der Waals surface area contributed by atoms with E-state index in [1.54, 1.807) is 14.2 Å². The normalized spacial score (nSPS) is 13.4. The third kappa shape index (κ3) is 5.48. The maximum absolute atomic E-state index is 12.4. The maximum atomic E-state index is 12.4. The lowest BCUT2D eigenvalue weighted by Gasteiger charge is -2.23. The van der Waals surface area contributed by atoms with Gasteiger partial charge in [-0.3, -0.25) is 4.79 Å². The van der Waals surface area contributed by atoms with Crippen LogP contribution in [0, 0.1) is 0 Å². The second-order valence-electron chi connectivity index (χ2n) is 5.23. The van der Waals surface area contributed by atoms with Crippen LogP contribution in [-0.2, 0) is 16.1 Å². The number of rotatable bonds is 9. The number of hydrogen-bond donors (Lipinski definition) is 1. The molecule has 1 N–H and O–H groups in total. The summed E-state index contributed by atoms with van der Waals surface area (Å²) in [7, 11) is 3.32. The lowest BCUT2D eigenvalue weighted by molar-refractivity contribution is -0.131. The molecule has 1 saturated carbocycles. The van der Waals surface area contributed by atoms with Gasteiger partial charge in [-0.15, -0.1) is 12.4 Å². The highest BCUT2D eigenvalue weighted by molar-refractivity contribution is 5.85. The van der Waals surface area contributed by atoms with E-state index < -0.39 is 0 Å². The van der Waals surface area contributed by atoms with Crippen molar-refractivity contribution < 1.29 is 14.3 Å². The van der Waals surface area contributed by atoms with Gasteiger partial charge in [-0.05, 0) is 18.9 Å². The van der Waals surface area contributed by atoms with Gasteiger partial charge in [0, 0.05) is 31.8 Å². The van der Waals surface area contributed by atoms with Crippen molar-refractivity contribution in [1.29, 1.82) is 0 Å². The summed E-state index contributed by atoms with van der Waals surface area (Å²) in [6.45, 7) is 2.27. The largest absolute Gasteiger partial charge is 0.496 e. The minimum absolute atomic E-state index is 0. The van der Waals surface area contributed by atoms with Crippen LogP contribution < -0.4 is 10.1 Å². The molecule has 0 bridgehead atoms. The van der Waals surface area contributed by atoms with Crippen LogP contribution >= 0.6 is 12.4 Å². The molecule has 0 heterocycles. The summed E-state index contributed by atoms with van der Waals surface area (Å²) in [5.41, 5.74) is 1.05. The van der Waals surface area contributed by atoms with Crippen LogP contribution in [0.25, 0.3) is 0 Å². The number of carbonyl (C=O) groups is 1. The number of nitrogens with zero attached hydrogens (tertiary/aromatic N) is 1. The Morgan fingerprint density at radius 2 is 2.05 bits per heavy atom. The molecule has 1 amide bonds. The van der Waals surface area contributed by atoms with Crippen molar-refractivity contribution in [3.8, 4) is 5.75 Å². The van der Waals surface area contributed by atoms with Crippen LogP contribution in [0.5, 0.6) is 5.75 Å². The summed E-state index contributed by atoms with van der Waals surface area (Å²) >= 11 is 0. The van der Waals surface area contributed by atoms with E-state index in [1.807, 2.05) is 29.2 Å². The number of halogens is 1. The Labute approximate surface area is 138 Å². The number of methoxy groups -OCH3 is 2. The van der Waals surface area contributed by atoms with E-state index in [9.17, 15) is 4.79 Å². The molecule has 6 heteroatoms. The van der Waals surface area contributed by atoms with Gasteiger partial charge in [-0.1, -0.05) is 18.2 Å². The van der Waals surface area contributed by atoms with E-state index in [0.29, 0.717) is 32.3 Å². The summed E-state index contributed by atoms with van der Waals surface area (Å²) in [6.07, 6.45) is 2.19. The minimum atomic E-state index is 0. The molecule has 0 radical (unpaired) electrons. The first-order valence-electron chi connectivity index (χ1n) is 7.37. The molecule has 0 aromatic heterocycles. The van der Waals surface area contributed by atoms with Crippen LogP contribution in [0.15, 0.2) is 24.3 Å². The van der Waals surface area contributed by atoms with Gasteiger partial charge in [0.2, 0.25) is 5.91 Å². The average Bonchev–Trinajstić information content (AvgIpc) is 3.34. The molecule has 0 saturated heterocycles. The molecule has 0 unspecified atom stereocenters. The van der Waals surface area contributed by atoms with Crippen LogP contribution in [0.4, 0.5) is 0 Å². The van der Waals surface area contributed by atoms with Gasteiger partial charge >= 0.3 is 0 Å². The second kappa shape index (κ2) is 9.66. The Bertz CT molecular complexity index is 466. The molecule has 0 atom stereocenters. The molecular weight excluding hydrogens is 304 g/mol. The molecule has 2 rings (SSSR count). The van der Waals surface area contributed by atoms with Gasteiger partial charge in [0.15, 0.2) is 0 Å². The van der Waals surface area contributed by atoms with Gasteiger partial charge in [-0.25, -0.2) is 0 Å². The topological polar surface area (TPSA) is 50.8 Å². The minimum Gasteiger partial charge on any atom is -0.496 e. The first-order chi connectivity index (χ1) is 10.3. The van der Waals surface area contributed by atoms with E-state index in [1.165, 1.54) is 0 Å². The molecule has 124 valence electrons. The van der Waals surface area contributed by atoms with E-state index in [-0.39, 0.29) is 18.3 Å². The van der Waals surface area contributed by atoms with Gasteiger partial charge in [0.1, 0.15) is 5.75 Å². The van der Waals surface area contributed by atoms with Crippen molar-refractivity contribution in [3.63, 3.8) is 0 Å². The number of ether oxygens (including phenoxy) is 2. The van der Waals surface area contributed by atoms with Gasteiger partial charge in [0.05, 0.1) is 20.3 Å². The predicted octanol–water partition coefficient (Wildman–Crippen LogP) is 1.84. The second-order valence-corrected chi connectivity index (χ2v) is 5.23. The zero-order valence-corrected chi connectivity index (χ0v) is 14.0. The Hall–Kier alpha value is -1.30. The number of para-hydroxylation sites is 1. The van der Waals surface area contributed by atoms with Crippen molar-refractivity contribution in [2.75, 3.05) is 33.9 Å². The number of amides is 1.